The van der Waals surface area contributed by atoms with Gasteiger partial charge in [0.05, 0.1) is 13.2 Å². The topological polar surface area (TPSA) is 18.5 Å². The minimum Gasteiger partial charge on any atom is -0.489 e. The zero-order valence-electron chi connectivity index (χ0n) is 8.11. The molecule has 0 fully saturated rings. The normalized spacial score (nSPS) is 16.1. The fraction of sp³-hybridized carbons (Fsp3) is 0.333. The van der Waals surface area contributed by atoms with E-state index >= 15 is 0 Å². The Balaban J connectivity index is 1.85. The number of benzene rings is 1. The summed E-state index contributed by atoms with van der Waals surface area (Å²) in [6.07, 6.45) is 3.10. The first-order valence-electron chi connectivity index (χ1n) is 4.88. The molecule has 0 radical (unpaired) electrons. The highest BCUT2D eigenvalue weighted by atomic mass is 16.5. The molecule has 1 aliphatic rings. The third-order valence-electron chi connectivity index (χ3n) is 2.22. The molecule has 2 rings (SSSR count). The summed E-state index contributed by atoms with van der Waals surface area (Å²) in [5, 5.41) is 0. The van der Waals surface area contributed by atoms with Crippen molar-refractivity contribution in [1.29, 1.82) is 0 Å². The van der Waals surface area contributed by atoms with Crippen LogP contribution >= 0.6 is 0 Å². The van der Waals surface area contributed by atoms with Crippen molar-refractivity contribution < 1.29 is 9.47 Å². The molecule has 2 nitrogen and oxygen atoms in total. The lowest BCUT2D eigenvalue weighted by atomic mass is 10.2. The van der Waals surface area contributed by atoms with Crippen LogP contribution in [0.4, 0.5) is 0 Å². The Morgan fingerprint density at radius 3 is 2.79 bits per heavy atom. The van der Waals surface area contributed by atoms with E-state index in [-0.39, 0.29) is 0 Å². The maximum Gasteiger partial charge on any atom is 0.119 e. The van der Waals surface area contributed by atoms with Gasteiger partial charge >= 0.3 is 0 Å². The molecule has 0 aromatic heterocycles. The van der Waals surface area contributed by atoms with Crippen molar-refractivity contribution in [3.63, 3.8) is 0 Å². The van der Waals surface area contributed by atoms with Crippen LogP contribution in [-0.4, -0.2) is 19.8 Å². The van der Waals surface area contributed by atoms with Gasteiger partial charge in [0.25, 0.3) is 0 Å². The van der Waals surface area contributed by atoms with E-state index in [1.165, 1.54) is 5.57 Å². The first-order chi connectivity index (χ1) is 6.95. The molecule has 1 heterocycles. The van der Waals surface area contributed by atoms with Crippen molar-refractivity contribution >= 4 is 0 Å². The fourth-order valence-electron chi connectivity index (χ4n) is 1.39. The summed E-state index contributed by atoms with van der Waals surface area (Å²) in [6, 6.07) is 9.89. The molecule has 0 atom stereocenters. The van der Waals surface area contributed by atoms with Crippen molar-refractivity contribution in [3.8, 4) is 5.75 Å². The number of hydrogen-bond donors (Lipinski definition) is 0. The first-order valence-corrected chi connectivity index (χ1v) is 4.88. The third kappa shape index (κ3) is 2.60. The lowest BCUT2D eigenvalue weighted by Crippen LogP contribution is -2.10. The Hall–Kier alpha value is -1.28. The molecule has 14 heavy (non-hydrogen) atoms. The lowest BCUT2D eigenvalue weighted by Gasteiger charge is -2.14. The van der Waals surface area contributed by atoms with Crippen molar-refractivity contribution in [3.05, 3.63) is 42.0 Å². The monoisotopic (exact) mass is 190 g/mol. The quantitative estimate of drug-likeness (QED) is 0.681. The predicted molar refractivity (Wildman–Crippen MR) is 55.5 cm³/mol. The molecule has 0 bridgehead atoms. The summed E-state index contributed by atoms with van der Waals surface area (Å²) in [5.74, 6) is 0.930. The van der Waals surface area contributed by atoms with Crippen molar-refractivity contribution in [2.45, 2.75) is 6.42 Å². The highest BCUT2D eigenvalue weighted by Gasteiger charge is 2.03. The second-order valence-electron chi connectivity index (χ2n) is 3.29. The van der Waals surface area contributed by atoms with E-state index in [4.69, 9.17) is 9.47 Å². The molecule has 0 unspecified atom stereocenters. The summed E-state index contributed by atoms with van der Waals surface area (Å²) in [6.45, 7) is 2.24. The van der Waals surface area contributed by atoms with Crippen LogP contribution in [0, 0.1) is 0 Å². The van der Waals surface area contributed by atoms with Crippen molar-refractivity contribution in [2.75, 3.05) is 19.8 Å². The third-order valence-corrected chi connectivity index (χ3v) is 2.22. The Morgan fingerprint density at radius 1 is 1.21 bits per heavy atom. The zero-order chi connectivity index (χ0) is 9.64. The van der Waals surface area contributed by atoms with Crippen LogP contribution in [0.3, 0.4) is 0 Å². The molecule has 0 amide bonds. The SMILES string of the molecule is C1=C(COc2ccccc2)CCOC1. The molecule has 0 N–H and O–H groups in total. The van der Waals surface area contributed by atoms with E-state index in [1.807, 2.05) is 30.3 Å². The Labute approximate surface area is 84.2 Å². The standard InChI is InChI=1S/C12H14O2/c1-2-4-12(5-3-1)14-10-11-6-8-13-9-7-11/h1-6H,7-10H2. The van der Waals surface area contributed by atoms with Gasteiger partial charge in [0.1, 0.15) is 12.4 Å². The second kappa shape index (κ2) is 4.82. The Kier molecular flexibility index (Phi) is 3.19. The molecule has 74 valence electrons. The number of ether oxygens (including phenoxy) is 2. The molecule has 1 aliphatic heterocycles. The van der Waals surface area contributed by atoms with Crippen LogP contribution in [0.25, 0.3) is 0 Å². The van der Waals surface area contributed by atoms with Crippen LogP contribution < -0.4 is 4.74 Å². The molecule has 2 heteroatoms. The van der Waals surface area contributed by atoms with Gasteiger partial charge in [0.2, 0.25) is 0 Å². The molecular formula is C12H14O2. The Morgan fingerprint density at radius 2 is 2.07 bits per heavy atom. The van der Waals surface area contributed by atoms with Gasteiger partial charge in [-0.2, -0.15) is 0 Å². The summed E-state index contributed by atoms with van der Waals surface area (Å²) in [4.78, 5) is 0. The van der Waals surface area contributed by atoms with Crippen LogP contribution in [0.5, 0.6) is 5.75 Å². The highest BCUT2D eigenvalue weighted by molar-refractivity contribution is 5.22. The summed E-state index contributed by atoms with van der Waals surface area (Å²) >= 11 is 0. The first kappa shape index (κ1) is 9.28. The average molecular weight is 190 g/mol. The van der Waals surface area contributed by atoms with Gasteiger partial charge < -0.3 is 9.47 Å². The van der Waals surface area contributed by atoms with Crippen LogP contribution in [-0.2, 0) is 4.74 Å². The van der Waals surface area contributed by atoms with E-state index in [0.717, 1.165) is 25.4 Å². The summed E-state index contributed by atoms with van der Waals surface area (Å²) in [7, 11) is 0. The zero-order valence-corrected chi connectivity index (χ0v) is 8.11. The molecule has 1 aromatic carbocycles. The van der Waals surface area contributed by atoms with Gasteiger partial charge in [-0.15, -0.1) is 0 Å². The smallest absolute Gasteiger partial charge is 0.119 e. The average Bonchev–Trinajstić information content (AvgIpc) is 2.29. The van der Waals surface area contributed by atoms with Crippen LogP contribution in [0.15, 0.2) is 42.0 Å². The molecule has 1 aromatic rings. The van der Waals surface area contributed by atoms with Gasteiger partial charge in [0, 0.05) is 0 Å². The van der Waals surface area contributed by atoms with Gasteiger partial charge in [-0.3, -0.25) is 0 Å². The number of para-hydroxylation sites is 1. The maximum atomic E-state index is 5.62. The molecule has 0 aliphatic carbocycles. The Bertz CT molecular complexity index is 303. The minimum absolute atomic E-state index is 0.688. The van der Waals surface area contributed by atoms with Gasteiger partial charge in [-0.05, 0) is 24.1 Å². The van der Waals surface area contributed by atoms with E-state index in [1.54, 1.807) is 0 Å². The summed E-state index contributed by atoms with van der Waals surface area (Å²) < 4.78 is 10.8. The summed E-state index contributed by atoms with van der Waals surface area (Å²) in [5.41, 5.74) is 1.33. The van der Waals surface area contributed by atoms with Crippen molar-refractivity contribution in [1.82, 2.24) is 0 Å². The van der Waals surface area contributed by atoms with E-state index in [9.17, 15) is 0 Å². The maximum absolute atomic E-state index is 5.62. The largest absolute Gasteiger partial charge is 0.489 e. The lowest BCUT2D eigenvalue weighted by molar-refractivity contribution is 0.150. The predicted octanol–water partition coefficient (Wildman–Crippen LogP) is 2.41. The van der Waals surface area contributed by atoms with Crippen LogP contribution in [0.2, 0.25) is 0 Å². The molecular weight excluding hydrogens is 176 g/mol. The van der Waals surface area contributed by atoms with Crippen LogP contribution in [0.1, 0.15) is 6.42 Å². The fourth-order valence-corrected chi connectivity index (χ4v) is 1.39. The van der Waals surface area contributed by atoms with E-state index in [2.05, 4.69) is 6.08 Å². The molecule has 0 saturated carbocycles. The number of hydrogen-bond acceptors (Lipinski definition) is 2. The minimum atomic E-state index is 0.688. The van der Waals surface area contributed by atoms with E-state index in [0.29, 0.717) is 6.61 Å². The highest BCUT2D eigenvalue weighted by Crippen LogP contribution is 2.12. The number of rotatable bonds is 3. The van der Waals surface area contributed by atoms with Gasteiger partial charge in [-0.25, -0.2) is 0 Å². The van der Waals surface area contributed by atoms with Crippen molar-refractivity contribution in [2.24, 2.45) is 0 Å². The van der Waals surface area contributed by atoms with Gasteiger partial charge in [0.15, 0.2) is 0 Å². The molecule has 0 spiro atoms. The van der Waals surface area contributed by atoms with E-state index < -0.39 is 0 Å². The second-order valence-corrected chi connectivity index (χ2v) is 3.29. The van der Waals surface area contributed by atoms with Gasteiger partial charge in [-0.1, -0.05) is 24.3 Å². The molecule has 0 saturated heterocycles.